The Bertz CT molecular complexity index is 293. The van der Waals surface area contributed by atoms with Gasteiger partial charge in [0.05, 0.1) is 6.42 Å². The van der Waals surface area contributed by atoms with E-state index in [1.54, 1.807) is 0 Å². The molecular weight excluding hydrogens is 260 g/mol. The van der Waals surface area contributed by atoms with Gasteiger partial charge in [0.15, 0.2) is 0 Å². The summed E-state index contributed by atoms with van der Waals surface area (Å²) in [6.45, 7) is 16.9. The van der Waals surface area contributed by atoms with Gasteiger partial charge in [0.2, 0.25) is 8.32 Å². The van der Waals surface area contributed by atoms with E-state index in [0.29, 0.717) is 13.0 Å². The number of carbonyl (C=O) groups is 1. The maximum atomic E-state index is 11.5. The fourth-order valence-electron chi connectivity index (χ4n) is 0.925. The minimum Gasteiger partial charge on any atom is -0.460 e. The number of nitrogens with one attached hydrogen (secondary N) is 2. The molecule has 2 N–H and O–H groups in total. The molecule has 0 aliphatic heterocycles. The first kappa shape index (κ1) is 18.6. The minimum atomic E-state index is -1.81. The average molecular weight is 290 g/mol. The Labute approximate surface area is 118 Å². The predicted molar refractivity (Wildman–Crippen MR) is 79.9 cm³/mol. The molecule has 0 unspecified atom stereocenters. The molecule has 114 valence electrons. The Balaban J connectivity index is 3.81. The summed E-state index contributed by atoms with van der Waals surface area (Å²) in [7, 11) is -1.81. The second kappa shape index (κ2) is 6.83. The third kappa shape index (κ3) is 8.36. The third-order valence-corrected chi connectivity index (χ3v) is 7.28. The molecule has 0 aromatic carbocycles. The molecule has 0 aromatic heterocycles. The van der Waals surface area contributed by atoms with Crippen molar-refractivity contribution in [2.24, 2.45) is 0 Å². The summed E-state index contributed by atoms with van der Waals surface area (Å²) in [6.07, 6.45) is 0.311. The molecule has 0 fully saturated rings. The van der Waals surface area contributed by atoms with Crippen LogP contribution in [-0.2, 0) is 14.1 Å². The summed E-state index contributed by atoms with van der Waals surface area (Å²) in [5, 5.41) is 0.146. The quantitative estimate of drug-likeness (QED) is 0.341. The number of hydrogen-bond acceptors (Lipinski definition) is 5. The van der Waals surface area contributed by atoms with E-state index in [4.69, 9.17) is 9.26 Å². The standard InChI is InChI=1S/C13H30N2O3Si/c1-12(2,3)17-11(16)9-10-14-15-18-19(7,8)13(4,5)6/h14-15H,9-10H2,1-8H3. The molecule has 6 heteroatoms. The third-order valence-electron chi connectivity index (χ3n) is 3.06. The van der Waals surface area contributed by atoms with Gasteiger partial charge in [-0.2, -0.15) is 0 Å². The van der Waals surface area contributed by atoms with Gasteiger partial charge in [0.25, 0.3) is 0 Å². The van der Waals surface area contributed by atoms with E-state index < -0.39 is 13.9 Å². The van der Waals surface area contributed by atoms with Crippen LogP contribution in [0.5, 0.6) is 0 Å². The molecule has 0 rings (SSSR count). The summed E-state index contributed by atoms with van der Waals surface area (Å²) in [5.41, 5.74) is 5.22. The molecular formula is C13H30N2O3Si. The van der Waals surface area contributed by atoms with Crippen LogP contribution in [0.25, 0.3) is 0 Å². The molecule has 0 spiro atoms. The topological polar surface area (TPSA) is 59.6 Å². The molecule has 19 heavy (non-hydrogen) atoms. The van der Waals surface area contributed by atoms with Crippen molar-refractivity contribution in [2.45, 2.75) is 71.7 Å². The van der Waals surface area contributed by atoms with Gasteiger partial charge in [-0.25, -0.2) is 5.43 Å². The van der Waals surface area contributed by atoms with Crippen molar-refractivity contribution < 1.29 is 14.1 Å². The molecule has 0 amide bonds. The van der Waals surface area contributed by atoms with Gasteiger partial charge in [0, 0.05) is 6.54 Å². The van der Waals surface area contributed by atoms with Gasteiger partial charge in [-0.05, 0) is 38.9 Å². The Morgan fingerprint density at radius 3 is 2.05 bits per heavy atom. The van der Waals surface area contributed by atoms with E-state index in [1.807, 2.05) is 20.8 Å². The lowest BCUT2D eigenvalue weighted by molar-refractivity contribution is -0.154. The van der Waals surface area contributed by atoms with Crippen LogP contribution in [0, 0.1) is 0 Å². The van der Waals surface area contributed by atoms with Crippen molar-refractivity contribution in [3.05, 3.63) is 0 Å². The number of hydrogen-bond donors (Lipinski definition) is 2. The van der Waals surface area contributed by atoms with Crippen molar-refractivity contribution in [1.29, 1.82) is 0 Å². The number of esters is 1. The second-order valence-electron chi connectivity index (χ2n) is 7.23. The lowest BCUT2D eigenvalue weighted by atomic mass is 10.2. The van der Waals surface area contributed by atoms with E-state index in [1.165, 1.54) is 0 Å². The minimum absolute atomic E-state index is 0.146. The second-order valence-corrected chi connectivity index (χ2v) is 12.0. The Kier molecular flexibility index (Phi) is 6.68. The SMILES string of the molecule is CC(C)(C)OC(=O)CCNNO[Si](C)(C)C(C)(C)C. The van der Waals surface area contributed by atoms with E-state index in [0.717, 1.165) is 0 Å². The van der Waals surface area contributed by atoms with Gasteiger partial charge >= 0.3 is 5.97 Å². The van der Waals surface area contributed by atoms with E-state index >= 15 is 0 Å². The molecule has 0 bridgehead atoms. The van der Waals surface area contributed by atoms with Crippen LogP contribution in [0.1, 0.15) is 48.0 Å². The van der Waals surface area contributed by atoms with E-state index in [-0.39, 0.29) is 11.0 Å². The van der Waals surface area contributed by atoms with E-state index in [2.05, 4.69) is 44.9 Å². The van der Waals surface area contributed by atoms with Crippen LogP contribution >= 0.6 is 0 Å². The van der Waals surface area contributed by atoms with Crippen molar-refractivity contribution in [3.63, 3.8) is 0 Å². The van der Waals surface area contributed by atoms with Crippen molar-refractivity contribution >= 4 is 14.3 Å². The van der Waals surface area contributed by atoms with Crippen molar-refractivity contribution in [1.82, 2.24) is 11.0 Å². The highest BCUT2D eigenvalue weighted by atomic mass is 28.4. The maximum Gasteiger partial charge on any atom is 0.307 e. The molecule has 0 aliphatic carbocycles. The van der Waals surface area contributed by atoms with E-state index in [9.17, 15) is 4.79 Å². The number of carbonyl (C=O) groups excluding carboxylic acids is 1. The Hall–Kier alpha value is -0.433. The summed E-state index contributed by atoms with van der Waals surface area (Å²) in [4.78, 5) is 11.5. The molecule has 0 aromatic rings. The van der Waals surface area contributed by atoms with Crippen LogP contribution < -0.4 is 11.0 Å². The number of hydrazine groups is 1. The van der Waals surface area contributed by atoms with Gasteiger partial charge < -0.3 is 9.26 Å². The zero-order chi connectivity index (χ0) is 15.3. The van der Waals surface area contributed by atoms with Crippen LogP contribution in [-0.4, -0.2) is 26.4 Å². The van der Waals surface area contributed by atoms with Crippen molar-refractivity contribution in [3.8, 4) is 0 Å². The molecule has 0 aliphatic rings. The zero-order valence-corrected chi connectivity index (χ0v) is 14.6. The van der Waals surface area contributed by atoms with Crippen LogP contribution in [0.3, 0.4) is 0 Å². The highest BCUT2D eigenvalue weighted by molar-refractivity contribution is 6.74. The zero-order valence-electron chi connectivity index (χ0n) is 13.6. The summed E-state index contributed by atoms with van der Waals surface area (Å²) < 4.78 is 10.9. The number of ether oxygens (including phenoxy) is 1. The van der Waals surface area contributed by atoms with Gasteiger partial charge in [-0.3, -0.25) is 4.79 Å². The lowest BCUT2D eigenvalue weighted by Crippen LogP contribution is -2.49. The molecule has 0 saturated carbocycles. The molecule has 0 heterocycles. The molecule has 0 saturated heterocycles. The average Bonchev–Trinajstić information content (AvgIpc) is 2.11. The summed E-state index contributed by atoms with van der Waals surface area (Å²) >= 11 is 0. The van der Waals surface area contributed by atoms with Crippen molar-refractivity contribution in [2.75, 3.05) is 6.54 Å². The van der Waals surface area contributed by atoms with Gasteiger partial charge in [0.1, 0.15) is 5.60 Å². The monoisotopic (exact) mass is 290 g/mol. The molecule has 0 radical (unpaired) electrons. The first-order valence-electron chi connectivity index (χ1n) is 6.73. The van der Waals surface area contributed by atoms with Crippen LogP contribution in [0.2, 0.25) is 18.1 Å². The van der Waals surface area contributed by atoms with Crippen LogP contribution in [0.15, 0.2) is 0 Å². The summed E-state index contributed by atoms with van der Waals surface area (Å²) in [6, 6.07) is 0. The van der Waals surface area contributed by atoms with Crippen LogP contribution in [0.4, 0.5) is 0 Å². The normalized spacial score (nSPS) is 13.5. The fraction of sp³-hybridized carbons (Fsp3) is 0.923. The Morgan fingerprint density at radius 1 is 1.11 bits per heavy atom. The molecule has 0 atom stereocenters. The first-order chi connectivity index (χ1) is 8.35. The maximum absolute atomic E-state index is 11.5. The Morgan fingerprint density at radius 2 is 1.63 bits per heavy atom. The first-order valence-corrected chi connectivity index (χ1v) is 9.64. The smallest absolute Gasteiger partial charge is 0.307 e. The highest BCUT2D eigenvalue weighted by Gasteiger charge is 2.38. The fourth-order valence-corrected chi connectivity index (χ4v) is 1.56. The highest BCUT2D eigenvalue weighted by Crippen LogP contribution is 2.35. The largest absolute Gasteiger partial charge is 0.460 e. The van der Waals surface area contributed by atoms with Gasteiger partial charge in [-0.15, -0.1) is 5.59 Å². The van der Waals surface area contributed by atoms with Gasteiger partial charge in [-0.1, -0.05) is 20.8 Å². The predicted octanol–water partition coefficient (Wildman–Crippen LogP) is 2.75. The summed E-state index contributed by atoms with van der Waals surface area (Å²) in [5.74, 6) is -0.214. The number of rotatable bonds is 6. The lowest BCUT2D eigenvalue weighted by Gasteiger charge is -2.35. The molecule has 5 nitrogen and oxygen atoms in total.